The number of rotatable bonds is 5. The van der Waals surface area contributed by atoms with E-state index in [9.17, 15) is 0 Å². The van der Waals surface area contributed by atoms with Crippen molar-refractivity contribution in [2.75, 3.05) is 7.11 Å². The summed E-state index contributed by atoms with van der Waals surface area (Å²) in [5.41, 5.74) is 0.0641. The van der Waals surface area contributed by atoms with Crippen molar-refractivity contribution in [1.82, 2.24) is 0 Å². The highest BCUT2D eigenvalue weighted by Gasteiger charge is 2.19. The zero-order chi connectivity index (χ0) is 8.91. The summed E-state index contributed by atoms with van der Waals surface area (Å²) >= 11 is 0. The summed E-state index contributed by atoms with van der Waals surface area (Å²) < 4.78 is 5.35. The van der Waals surface area contributed by atoms with Crippen LogP contribution in [-0.2, 0) is 4.74 Å². The zero-order valence-electron chi connectivity index (χ0n) is 8.61. The molecule has 11 heavy (non-hydrogen) atoms. The number of hydrogen-bond acceptors (Lipinski definition) is 1. The Bertz CT molecular complexity index is 97.0. The maximum Gasteiger partial charge on any atom is 0.0625 e. The van der Waals surface area contributed by atoms with E-state index in [1.54, 1.807) is 7.11 Å². The summed E-state index contributed by atoms with van der Waals surface area (Å²) in [6.45, 7) is 8.83. The molecule has 0 fully saturated rings. The maximum atomic E-state index is 5.35. The Labute approximate surface area is 71.1 Å². The fourth-order valence-electron chi connectivity index (χ4n) is 1.52. The van der Waals surface area contributed by atoms with E-state index in [0.29, 0.717) is 0 Å². The molecule has 0 saturated heterocycles. The number of ether oxygens (including phenoxy) is 1. The first kappa shape index (κ1) is 11.0. The predicted octanol–water partition coefficient (Wildman–Crippen LogP) is 3.24. The molecule has 0 spiro atoms. The van der Waals surface area contributed by atoms with E-state index in [4.69, 9.17) is 4.74 Å². The molecule has 0 aliphatic carbocycles. The summed E-state index contributed by atoms with van der Waals surface area (Å²) in [6, 6.07) is 0. The quantitative estimate of drug-likeness (QED) is 0.597. The molecule has 0 aromatic rings. The van der Waals surface area contributed by atoms with Crippen molar-refractivity contribution in [2.45, 2.75) is 52.6 Å². The van der Waals surface area contributed by atoms with Crippen LogP contribution in [0.5, 0.6) is 0 Å². The highest BCUT2D eigenvalue weighted by atomic mass is 16.5. The summed E-state index contributed by atoms with van der Waals surface area (Å²) in [6.07, 6.45) is 3.76. The third-order valence-corrected chi connectivity index (χ3v) is 2.17. The van der Waals surface area contributed by atoms with Gasteiger partial charge < -0.3 is 4.74 Å². The lowest BCUT2D eigenvalue weighted by molar-refractivity contribution is 0.00298. The Morgan fingerprint density at radius 3 is 2.27 bits per heavy atom. The predicted molar refractivity (Wildman–Crippen MR) is 49.8 cm³/mol. The smallest absolute Gasteiger partial charge is 0.0625 e. The van der Waals surface area contributed by atoms with Crippen LogP contribution in [0, 0.1) is 5.92 Å². The van der Waals surface area contributed by atoms with E-state index >= 15 is 0 Å². The minimum atomic E-state index is 0.0641. The molecule has 0 aliphatic rings. The van der Waals surface area contributed by atoms with Crippen molar-refractivity contribution in [2.24, 2.45) is 5.92 Å². The van der Waals surface area contributed by atoms with Gasteiger partial charge in [0.1, 0.15) is 0 Å². The highest BCUT2D eigenvalue weighted by Crippen LogP contribution is 2.22. The van der Waals surface area contributed by atoms with E-state index in [1.807, 2.05) is 0 Å². The second-order valence-corrected chi connectivity index (χ2v) is 4.06. The molecule has 1 heteroatoms. The van der Waals surface area contributed by atoms with Crippen molar-refractivity contribution in [3.63, 3.8) is 0 Å². The summed E-state index contributed by atoms with van der Waals surface area (Å²) in [5.74, 6) is 0.787. The van der Waals surface area contributed by atoms with E-state index in [1.165, 1.54) is 12.8 Å². The monoisotopic (exact) mass is 158 g/mol. The molecule has 0 bridgehead atoms. The van der Waals surface area contributed by atoms with Crippen molar-refractivity contribution in [3.05, 3.63) is 0 Å². The van der Waals surface area contributed by atoms with Gasteiger partial charge in [-0.1, -0.05) is 26.7 Å². The first-order valence-corrected chi connectivity index (χ1v) is 4.57. The molecule has 0 aliphatic heterocycles. The van der Waals surface area contributed by atoms with Crippen LogP contribution in [0.15, 0.2) is 0 Å². The molecule has 0 N–H and O–H groups in total. The largest absolute Gasteiger partial charge is 0.379 e. The summed E-state index contributed by atoms with van der Waals surface area (Å²) in [4.78, 5) is 0. The molecule has 0 rings (SSSR count). The number of methoxy groups -OCH3 is 1. The minimum absolute atomic E-state index is 0.0641. The first-order valence-electron chi connectivity index (χ1n) is 4.57. The maximum absolute atomic E-state index is 5.35. The molecule has 0 radical (unpaired) electrons. The lowest BCUT2D eigenvalue weighted by atomic mass is 9.92. The van der Waals surface area contributed by atoms with E-state index in [0.717, 1.165) is 12.3 Å². The van der Waals surface area contributed by atoms with Crippen LogP contribution in [0.3, 0.4) is 0 Å². The molecule has 0 unspecified atom stereocenters. The van der Waals surface area contributed by atoms with Gasteiger partial charge in [-0.2, -0.15) is 0 Å². The normalized spacial score (nSPS) is 15.0. The van der Waals surface area contributed by atoms with Crippen molar-refractivity contribution >= 4 is 0 Å². The Kier molecular flexibility index (Phi) is 4.74. The molecule has 0 heterocycles. The second-order valence-electron chi connectivity index (χ2n) is 4.06. The molecular weight excluding hydrogens is 136 g/mol. The molecule has 68 valence electrons. The standard InChI is InChI=1S/C10H22O/c1-6-7-9(2)8-10(3,4)11-5/h9H,6-8H2,1-5H3/t9-/m1/s1. The van der Waals surface area contributed by atoms with E-state index < -0.39 is 0 Å². The third-order valence-electron chi connectivity index (χ3n) is 2.17. The third kappa shape index (κ3) is 5.25. The lowest BCUT2D eigenvalue weighted by Gasteiger charge is -2.26. The SMILES string of the molecule is CCC[C@@H](C)CC(C)(C)OC. The fourth-order valence-corrected chi connectivity index (χ4v) is 1.52. The van der Waals surface area contributed by atoms with Gasteiger partial charge in [-0.25, -0.2) is 0 Å². The van der Waals surface area contributed by atoms with Crippen LogP contribution >= 0.6 is 0 Å². The lowest BCUT2D eigenvalue weighted by Crippen LogP contribution is -2.25. The van der Waals surface area contributed by atoms with Crippen LogP contribution in [0.2, 0.25) is 0 Å². The molecular formula is C10H22O. The Morgan fingerprint density at radius 2 is 1.91 bits per heavy atom. The Balaban J connectivity index is 3.64. The summed E-state index contributed by atoms with van der Waals surface area (Å²) in [5, 5.41) is 0. The van der Waals surface area contributed by atoms with Gasteiger partial charge in [0.15, 0.2) is 0 Å². The number of hydrogen-bond donors (Lipinski definition) is 0. The molecule has 0 aromatic carbocycles. The van der Waals surface area contributed by atoms with Gasteiger partial charge in [-0.15, -0.1) is 0 Å². The average Bonchev–Trinajstić information content (AvgIpc) is 1.87. The van der Waals surface area contributed by atoms with Crippen molar-refractivity contribution < 1.29 is 4.74 Å². The topological polar surface area (TPSA) is 9.23 Å². The Morgan fingerprint density at radius 1 is 1.36 bits per heavy atom. The second kappa shape index (κ2) is 4.76. The zero-order valence-corrected chi connectivity index (χ0v) is 8.61. The van der Waals surface area contributed by atoms with Gasteiger partial charge in [0.05, 0.1) is 5.60 Å². The molecule has 1 nitrogen and oxygen atoms in total. The van der Waals surface area contributed by atoms with Crippen LogP contribution in [-0.4, -0.2) is 12.7 Å². The van der Waals surface area contributed by atoms with Gasteiger partial charge in [0.25, 0.3) is 0 Å². The average molecular weight is 158 g/mol. The van der Waals surface area contributed by atoms with Crippen molar-refractivity contribution in [1.29, 1.82) is 0 Å². The minimum Gasteiger partial charge on any atom is -0.379 e. The van der Waals surface area contributed by atoms with Gasteiger partial charge >= 0.3 is 0 Å². The Hall–Kier alpha value is -0.0400. The molecule has 0 saturated carbocycles. The van der Waals surface area contributed by atoms with Crippen LogP contribution in [0.25, 0.3) is 0 Å². The van der Waals surface area contributed by atoms with Crippen LogP contribution in [0.1, 0.15) is 47.0 Å². The van der Waals surface area contributed by atoms with Gasteiger partial charge in [-0.05, 0) is 26.2 Å². The van der Waals surface area contributed by atoms with E-state index in [2.05, 4.69) is 27.7 Å². The van der Waals surface area contributed by atoms with Crippen LogP contribution in [0.4, 0.5) is 0 Å². The highest BCUT2D eigenvalue weighted by molar-refractivity contribution is 4.70. The van der Waals surface area contributed by atoms with Gasteiger partial charge in [0, 0.05) is 7.11 Å². The van der Waals surface area contributed by atoms with Gasteiger partial charge in [-0.3, -0.25) is 0 Å². The fraction of sp³-hybridized carbons (Fsp3) is 1.00. The van der Waals surface area contributed by atoms with Crippen LogP contribution < -0.4 is 0 Å². The molecule has 0 aromatic heterocycles. The molecule has 1 atom stereocenters. The molecule has 0 amide bonds. The van der Waals surface area contributed by atoms with E-state index in [-0.39, 0.29) is 5.60 Å². The van der Waals surface area contributed by atoms with Gasteiger partial charge in [0.2, 0.25) is 0 Å². The van der Waals surface area contributed by atoms with Crippen molar-refractivity contribution in [3.8, 4) is 0 Å². The summed E-state index contributed by atoms with van der Waals surface area (Å²) in [7, 11) is 1.79. The first-order chi connectivity index (χ1) is 5.02.